The van der Waals surface area contributed by atoms with Gasteiger partial charge in [0.1, 0.15) is 11.5 Å². The highest BCUT2D eigenvalue weighted by atomic mass is 35.5. The van der Waals surface area contributed by atoms with E-state index in [0.29, 0.717) is 10.8 Å². The lowest BCUT2D eigenvalue weighted by atomic mass is 10.1. The first-order chi connectivity index (χ1) is 9.86. The van der Waals surface area contributed by atoms with Crippen LogP contribution in [0, 0.1) is 13.8 Å². The molecule has 2 rings (SSSR count). The van der Waals surface area contributed by atoms with Gasteiger partial charge in [-0.3, -0.25) is 0 Å². The van der Waals surface area contributed by atoms with Crippen molar-refractivity contribution < 1.29 is 4.74 Å². The van der Waals surface area contributed by atoms with Gasteiger partial charge < -0.3 is 10.5 Å². The van der Waals surface area contributed by atoms with E-state index in [4.69, 9.17) is 33.7 Å². The molecule has 112 valence electrons. The number of hydrogen-bond donors (Lipinski definition) is 1. The fourth-order valence-corrected chi connectivity index (χ4v) is 2.57. The zero-order chi connectivity index (χ0) is 15.6. The topological polar surface area (TPSA) is 35.2 Å². The summed E-state index contributed by atoms with van der Waals surface area (Å²) in [5.41, 5.74) is 8.86. The third-order valence-corrected chi connectivity index (χ3v) is 4.08. The van der Waals surface area contributed by atoms with Gasteiger partial charge in [-0.25, -0.2) is 0 Å². The summed E-state index contributed by atoms with van der Waals surface area (Å²) in [6.07, 6.45) is 0.791. The molecule has 0 aliphatic rings. The van der Waals surface area contributed by atoms with Crippen molar-refractivity contribution in [3.8, 4) is 11.5 Å². The van der Waals surface area contributed by atoms with Crippen molar-refractivity contribution >= 4 is 23.2 Å². The molecular formula is C17H19Cl2NO. The Morgan fingerprint density at radius 3 is 2.24 bits per heavy atom. The third kappa shape index (κ3) is 4.13. The summed E-state index contributed by atoms with van der Waals surface area (Å²) in [6.45, 7) is 5.88. The Morgan fingerprint density at radius 1 is 1.10 bits per heavy atom. The van der Waals surface area contributed by atoms with Gasteiger partial charge in [0.2, 0.25) is 0 Å². The molecule has 2 nitrogen and oxygen atoms in total. The van der Waals surface area contributed by atoms with Gasteiger partial charge >= 0.3 is 0 Å². The molecule has 1 unspecified atom stereocenters. The minimum Gasteiger partial charge on any atom is -0.456 e. The van der Waals surface area contributed by atoms with Gasteiger partial charge in [0, 0.05) is 11.1 Å². The van der Waals surface area contributed by atoms with E-state index in [1.165, 1.54) is 0 Å². The molecule has 21 heavy (non-hydrogen) atoms. The largest absolute Gasteiger partial charge is 0.456 e. The molecule has 0 bridgehead atoms. The van der Waals surface area contributed by atoms with Crippen molar-refractivity contribution in [3.63, 3.8) is 0 Å². The Balaban J connectivity index is 2.24. The number of halogens is 2. The van der Waals surface area contributed by atoms with Crippen molar-refractivity contribution in [1.82, 2.24) is 0 Å². The van der Waals surface area contributed by atoms with E-state index in [9.17, 15) is 0 Å². The number of rotatable bonds is 4. The molecule has 0 aromatic heterocycles. The van der Waals surface area contributed by atoms with Crippen molar-refractivity contribution in [2.24, 2.45) is 5.73 Å². The number of aryl methyl sites for hydroxylation is 2. The van der Waals surface area contributed by atoms with Crippen LogP contribution in [0.25, 0.3) is 0 Å². The fraction of sp³-hybridized carbons (Fsp3) is 0.294. The Bertz CT molecular complexity index is 630. The maximum Gasteiger partial charge on any atom is 0.146 e. The molecule has 0 radical (unpaired) electrons. The maximum atomic E-state index is 6.28. The van der Waals surface area contributed by atoms with Gasteiger partial charge in [-0.05, 0) is 68.1 Å². The SMILES string of the molecule is Cc1cc(Oc2ccc(CC(C)N)cc2Cl)cc(C)c1Cl. The molecule has 0 amide bonds. The van der Waals surface area contributed by atoms with E-state index in [-0.39, 0.29) is 6.04 Å². The van der Waals surface area contributed by atoms with Crippen LogP contribution in [0.4, 0.5) is 0 Å². The first-order valence-corrected chi connectivity index (χ1v) is 7.61. The lowest BCUT2D eigenvalue weighted by Crippen LogP contribution is -2.17. The molecule has 0 spiro atoms. The van der Waals surface area contributed by atoms with Crippen molar-refractivity contribution in [1.29, 1.82) is 0 Å². The van der Waals surface area contributed by atoms with Gasteiger partial charge in [0.15, 0.2) is 0 Å². The molecule has 2 aromatic carbocycles. The summed E-state index contributed by atoms with van der Waals surface area (Å²) < 4.78 is 5.86. The van der Waals surface area contributed by atoms with Crippen molar-refractivity contribution in [2.45, 2.75) is 33.2 Å². The number of hydrogen-bond acceptors (Lipinski definition) is 2. The van der Waals surface area contributed by atoms with E-state index in [1.54, 1.807) is 0 Å². The standard InChI is InChI=1S/C17H19Cl2NO/c1-10-6-14(7-11(2)17(10)19)21-16-5-4-13(8-12(3)20)9-15(16)18/h4-7,9,12H,8,20H2,1-3H3. The van der Waals surface area contributed by atoms with E-state index in [1.807, 2.05) is 51.1 Å². The molecule has 0 aliphatic heterocycles. The molecule has 0 saturated carbocycles. The number of ether oxygens (including phenoxy) is 1. The maximum absolute atomic E-state index is 6.28. The Hall–Kier alpha value is -1.22. The van der Waals surface area contributed by atoms with E-state index in [0.717, 1.165) is 33.9 Å². The zero-order valence-electron chi connectivity index (χ0n) is 12.4. The summed E-state index contributed by atoms with van der Waals surface area (Å²) in [5.74, 6) is 1.36. The summed E-state index contributed by atoms with van der Waals surface area (Å²) in [4.78, 5) is 0. The lowest BCUT2D eigenvalue weighted by molar-refractivity contribution is 0.482. The Morgan fingerprint density at radius 2 is 1.71 bits per heavy atom. The van der Waals surface area contributed by atoms with Crippen molar-refractivity contribution in [3.05, 3.63) is 57.1 Å². The van der Waals surface area contributed by atoms with Crippen LogP contribution in [0.3, 0.4) is 0 Å². The molecule has 0 saturated heterocycles. The summed E-state index contributed by atoms with van der Waals surface area (Å²) >= 11 is 12.4. The second kappa shape index (κ2) is 6.69. The first-order valence-electron chi connectivity index (χ1n) is 6.85. The highest BCUT2D eigenvalue weighted by molar-refractivity contribution is 6.32. The summed E-state index contributed by atoms with van der Waals surface area (Å²) in [5, 5.41) is 1.35. The van der Waals surface area contributed by atoms with Crippen LogP contribution >= 0.6 is 23.2 Å². The van der Waals surface area contributed by atoms with Gasteiger partial charge in [-0.15, -0.1) is 0 Å². The molecule has 0 heterocycles. The monoisotopic (exact) mass is 323 g/mol. The Labute approximate surface area is 135 Å². The minimum absolute atomic E-state index is 0.106. The molecule has 2 aromatic rings. The van der Waals surface area contributed by atoms with Gasteiger partial charge in [0.25, 0.3) is 0 Å². The number of benzene rings is 2. The molecular weight excluding hydrogens is 305 g/mol. The predicted molar refractivity (Wildman–Crippen MR) is 89.8 cm³/mol. The highest BCUT2D eigenvalue weighted by Gasteiger charge is 2.08. The smallest absolute Gasteiger partial charge is 0.146 e. The van der Waals surface area contributed by atoms with Crippen LogP contribution in [0.5, 0.6) is 11.5 Å². The average molecular weight is 324 g/mol. The first kappa shape index (κ1) is 16.2. The van der Waals surface area contributed by atoms with Crippen LogP contribution in [0.1, 0.15) is 23.6 Å². The lowest BCUT2D eigenvalue weighted by Gasteiger charge is -2.12. The molecule has 2 N–H and O–H groups in total. The molecule has 4 heteroatoms. The normalized spacial score (nSPS) is 12.3. The quantitative estimate of drug-likeness (QED) is 0.829. The highest BCUT2D eigenvalue weighted by Crippen LogP contribution is 2.33. The predicted octanol–water partition coefficient (Wildman–Crippen LogP) is 5.29. The average Bonchev–Trinajstić information content (AvgIpc) is 2.38. The molecule has 1 atom stereocenters. The summed E-state index contributed by atoms with van der Waals surface area (Å²) in [6, 6.07) is 9.67. The second-order valence-electron chi connectivity index (χ2n) is 5.42. The van der Waals surface area contributed by atoms with Gasteiger partial charge in [-0.1, -0.05) is 29.3 Å². The van der Waals surface area contributed by atoms with Crippen LogP contribution in [-0.2, 0) is 6.42 Å². The molecule has 0 aliphatic carbocycles. The third-order valence-electron chi connectivity index (χ3n) is 3.19. The van der Waals surface area contributed by atoms with E-state index >= 15 is 0 Å². The van der Waals surface area contributed by atoms with Crippen LogP contribution < -0.4 is 10.5 Å². The Kier molecular flexibility index (Phi) is 5.15. The van der Waals surface area contributed by atoms with Crippen LogP contribution in [0.15, 0.2) is 30.3 Å². The van der Waals surface area contributed by atoms with E-state index < -0.39 is 0 Å². The van der Waals surface area contributed by atoms with E-state index in [2.05, 4.69) is 0 Å². The minimum atomic E-state index is 0.106. The van der Waals surface area contributed by atoms with Crippen LogP contribution in [0.2, 0.25) is 10.0 Å². The zero-order valence-corrected chi connectivity index (χ0v) is 13.9. The molecule has 0 fully saturated rings. The van der Waals surface area contributed by atoms with Gasteiger partial charge in [0.05, 0.1) is 5.02 Å². The van der Waals surface area contributed by atoms with Gasteiger partial charge in [-0.2, -0.15) is 0 Å². The fourth-order valence-electron chi connectivity index (χ4n) is 2.22. The summed E-state index contributed by atoms with van der Waals surface area (Å²) in [7, 11) is 0. The van der Waals surface area contributed by atoms with Crippen molar-refractivity contribution in [2.75, 3.05) is 0 Å². The van der Waals surface area contributed by atoms with Crippen LogP contribution in [-0.4, -0.2) is 6.04 Å². The number of nitrogens with two attached hydrogens (primary N) is 1. The second-order valence-corrected chi connectivity index (χ2v) is 6.20.